The third-order valence-electron chi connectivity index (χ3n) is 5.07. The Hall–Kier alpha value is -1.75. The van der Waals surface area contributed by atoms with Crippen molar-refractivity contribution in [1.82, 2.24) is 9.55 Å². The number of benzene rings is 2. The standard InChI is InChI=1S/C20H19BrF2N2/c21-16-11-5-4-10-15(16)19-24-17-12-6-7-13-18(17)25(19)20(22,23)14-8-2-1-3-9-14/h4-7,10-14H,1-3,8-9H2. The maximum absolute atomic E-state index is 15.6. The minimum atomic E-state index is -2.96. The molecule has 0 spiro atoms. The second-order valence-electron chi connectivity index (χ2n) is 6.66. The van der Waals surface area contributed by atoms with Gasteiger partial charge < -0.3 is 0 Å². The molecule has 0 radical (unpaired) electrons. The number of rotatable bonds is 3. The fourth-order valence-corrected chi connectivity index (χ4v) is 4.25. The predicted octanol–water partition coefficient (Wildman–Crippen LogP) is 6.60. The van der Waals surface area contributed by atoms with Crippen LogP contribution < -0.4 is 0 Å². The molecule has 5 heteroatoms. The highest BCUT2D eigenvalue weighted by Gasteiger charge is 2.44. The Morgan fingerprint density at radius 2 is 1.64 bits per heavy atom. The minimum absolute atomic E-state index is 0.323. The summed E-state index contributed by atoms with van der Waals surface area (Å²) < 4.78 is 33.1. The Balaban J connectivity index is 1.95. The van der Waals surface area contributed by atoms with Crippen LogP contribution in [-0.2, 0) is 6.05 Å². The number of aromatic nitrogens is 2. The molecule has 3 aromatic rings. The smallest absolute Gasteiger partial charge is 0.263 e. The van der Waals surface area contributed by atoms with Gasteiger partial charge in [-0.2, -0.15) is 8.78 Å². The number of hydrogen-bond donors (Lipinski definition) is 0. The van der Waals surface area contributed by atoms with Crippen molar-refractivity contribution in [2.45, 2.75) is 38.2 Å². The van der Waals surface area contributed by atoms with Gasteiger partial charge in [-0.25, -0.2) is 4.98 Å². The lowest BCUT2D eigenvalue weighted by Crippen LogP contribution is -2.34. The van der Waals surface area contributed by atoms with Gasteiger partial charge >= 0.3 is 6.05 Å². The lowest BCUT2D eigenvalue weighted by Gasteiger charge is -2.32. The summed E-state index contributed by atoms with van der Waals surface area (Å²) in [7, 11) is 0. The lowest BCUT2D eigenvalue weighted by atomic mass is 9.87. The van der Waals surface area contributed by atoms with Gasteiger partial charge in [-0.1, -0.05) is 65.5 Å². The van der Waals surface area contributed by atoms with E-state index in [1.54, 1.807) is 18.2 Å². The fraction of sp³-hybridized carbons (Fsp3) is 0.350. The van der Waals surface area contributed by atoms with Crippen LogP contribution in [0.25, 0.3) is 22.4 Å². The molecule has 1 heterocycles. The maximum atomic E-state index is 15.6. The molecule has 4 rings (SSSR count). The van der Waals surface area contributed by atoms with Crippen molar-refractivity contribution in [3.05, 3.63) is 53.0 Å². The Bertz CT molecular complexity index is 898. The molecule has 1 aliphatic rings. The highest BCUT2D eigenvalue weighted by atomic mass is 79.9. The third-order valence-corrected chi connectivity index (χ3v) is 5.76. The molecule has 1 fully saturated rings. The fourth-order valence-electron chi connectivity index (χ4n) is 3.78. The molecule has 2 nitrogen and oxygen atoms in total. The molecule has 1 aliphatic carbocycles. The first kappa shape index (κ1) is 16.7. The summed E-state index contributed by atoms with van der Waals surface area (Å²) in [4.78, 5) is 4.56. The second-order valence-corrected chi connectivity index (χ2v) is 7.52. The van der Waals surface area contributed by atoms with E-state index in [-0.39, 0.29) is 0 Å². The van der Waals surface area contributed by atoms with Gasteiger partial charge in [0.25, 0.3) is 0 Å². The molecule has 1 aromatic heterocycles. The molecular weight excluding hydrogens is 386 g/mol. The van der Waals surface area contributed by atoms with E-state index in [9.17, 15) is 0 Å². The van der Waals surface area contributed by atoms with Crippen LogP contribution in [0.5, 0.6) is 0 Å². The quantitative estimate of drug-likeness (QED) is 0.480. The molecule has 0 amide bonds. The average Bonchev–Trinajstić information content (AvgIpc) is 3.03. The number of hydrogen-bond acceptors (Lipinski definition) is 1. The van der Waals surface area contributed by atoms with Crippen molar-refractivity contribution in [2.24, 2.45) is 5.92 Å². The summed E-state index contributed by atoms with van der Waals surface area (Å²) >= 11 is 3.49. The summed E-state index contributed by atoms with van der Waals surface area (Å²) in [6.45, 7) is 0. The molecule has 0 aliphatic heterocycles. The van der Waals surface area contributed by atoms with E-state index in [1.165, 1.54) is 4.57 Å². The first-order valence-corrected chi connectivity index (χ1v) is 9.49. The number of para-hydroxylation sites is 2. The molecule has 0 saturated heterocycles. The van der Waals surface area contributed by atoms with Crippen LogP contribution in [0.15, 0.2) is 53.0 Å². The van der Waals surface area contributed by atoms with Gasteiger partial charge in [0.05, 0.1) is 11.0 Å². The van der Waals surface area contributed by atoms with Crippen LogP contribution in [0.4, 0.5) is 8.78 Å². The summed E-state index contributed by atoms with van der Waals surface area (Å²) in [6.07, 6.45) is 3.92. The largest absolute Gasteiger partial charge is 0.333 e. The van der Waals surface area contributed by atoms with E-state index in [0.29, 0.717) is 35.3 Å². The van der Waals surface area contributed by atoms with Crippen molar-refractivity contribution >= 4 is 27.0 Å². The van der Waals surface area contributed by atoms with E-state index >= 15 is 8.78 Å². The second kappa shape index (κ2) is 6.52. The average molecular weight is 405 g/mol. The van der Waals surface area contributed by atoms with Gasteiger partial charge in [-0.05, 0) is 31.0 Å². The Labute approximate surface area is 154 Å². The van der Waals surface area contributed by atoms with Gasteiger partial charge in [-0.15, -0.1) is 0 Å². The van der Waals surface area contributed by atoms with Crippen molar-refractivity contribution < 1.29 is 8.78 Å². The number of alkyl halides is 2. The molecule has 1 saturated carbocycles. The highest BCUT2D eigenvalue weighted by molar-refractivity contribution is 9.10. The molecule has 0 bridgehead atoms. The van der Waals surface area contributed by atoms with Crippen LogP contribution >= 0.6 is 15.9 Å². The minimum Gasteiger partial charge on any atom is -0.263 e. The summed E-state index contributed by atoms with van der Waals surface area (Å²) in [5.41, 5.74) is 1.78. The van der Waals surface area contributed by atoms with Crippen molar-refractivity contribution in [3.63, 3.8) is 0 Å². The predicted molar refractivity (Wildman–Crippen MR) is 99.6 cm³/mol. The SMILES string of the molecule is FC(F)(C1CCCCC1)n1c(-c2ccccc2Br)nc2ccccc21. The van der Waals surface area contributed by atoms with Crippen LogP contribution in [-0.4, -0.2) is 9.55 Å². The molecule has 25 heavy (non-hydrogen) atoms. The zero-order chi connectivity index (χ0) is 17.4. The van der Waals surface area contributed by atoms with E-state index in [2.05, 4.69) is 20.9 Å². The Kier molecular flexibility index (Phi) is 4.36. The van der Waals surface area contributed by atoms with Crippen LogP contribution in [0.3, 0.4) is 0 Å². The number of nitrogens with zero attached hydrogens (tertiary/aromatic N) is 2. The molecule has 0 unspecified atom stereocenters. The zero-order valence-corrected chi connectivity index (χ0v) is 15.3. The molecular formula is C20H19BrF2N2. The molecule has 2 aromatic carbocycles. The zero-order valence-electron chi connectivity index (χ0n) is 13.8. The van der Waals surface area contributed by atoms with Crippen LogP contribution in [0.2, 0.25) is 0 Å². The van der Waals surface area contributed by atoms with E-state index < -0.39 is 12.0 Å². The summed E-state index contributed by atoms with van der Waals surface area (Å²) in [5, 5.41) is 0. The highest BCUT2D eigenvalue weighted by Crippen LogP contribution is 2.44. The first-order chi connectivity index (χ1) is 12.1. The number of fused-ring (bicyclic) bond motifs is 1. The monoisotopic (exact) mass is 404 g/mol. The van der Waals surface area contributed by atoms with Gasteiger partial charge in [0.15, 0.2) is 0 Å². The Morgan fingerprint density at radius 1 is 0.960 bits per heavy atom. The van der Waals surface area contributed by atoms with Crippen molar-refractivity contribution in [1.29, 1.82) is 0 Å². The number of halogens is 3. The summed E-state index contributed by atoms with van der Waals surface area (Å²) in [6, 6.07) is 11.6. The first-order valence-electron chi connectivity index (χ1n) is 8.69. The van der Waals surface area contributed by atoms with Crippen molar-refractivity contribution in [3.8, 4) is 11.4 Å². The lowest BCUT2D eigenvalue weighted by molar-refractivity contribution is -0.139. The van der Waals surface area contributed by atoms with Gasteiger partial charge in [0.2, 0.25) is 0 Å². The van der Waals surface area contributed by atoms with E-state index in [4.69, 9.17) is 0 Å². The van der Waals surface area contributed by atoms with E-state index in [0.717, 1.165) is 23.7 Å². The van der Waals surface area contributed by atoms with Gasteiger partial charge in [0, 0.05) is 16.0 Å². The Morgan fingerprint density at radius 3 is 2.40 bits per heavy atom. The van der Waals surface area contributed by atoms with Crippen LogP contribution in [0.1, 0.15) is 32.1 Å². The summed E-state index contributed by atoms with van der Waals surface area (Å²) in [5.74, 6) is -0.315. The normalized spacial score (nSPS) is 16.4. The molecule has 0 N–H and O–H groups in total. The molecule has 130 valence electrons. The number of imidazole rings is 1. The maximum Gasteiger partial charge on any atom is 0.333 e. The molecule has 0 atom stereocenters. The van der Waals surface area contributed by atoms with Crippen molar-refractivity contribution in [2.75, 3.05) is 0 Å². The van der Waals surface area contributed by atoms with Gasteiger partial charge in [0.1, 0.15) is 5.82 Å². The van der Waals surface area contributed by atoms with Gasteiger partial charge in [-0.3, -0.25) is 4.57 Å². The van der Waals surface area contributed by atoms with E-state index in [1.807, 2.05) is 30.3 Å². The topological polar surface area (TPSA) is 17.8 Å². The van der Waals surface area contributed by atoms with Crippen LogP contribution in [0, 0.1) is 5.92 Å². The third kappa shape index (κ3) is 2.88.